The monoisotopic (exact) mass is 943 g/mol. The number of imidazole rings is 2. The Balaban J connectivity index is 0.000000147. The third-order valence-corrected chi connectivity index (χ3v) is 12.9. The van der Waals surface area contributed by atoms with Gasteiger partial charge in [0.1, 0.15) is 28.3 Å². The molecule has 0 radical (unpaired) electrons. The molecule has 1 aliphatic carbocycles. The number of amidine groups is 1. The lowest BCUT2D eigenvalue weighted by molar-refractivity contribution is 0.862. The van der Waals surface area contributed by atoms with Crippen LogP contribution in [0.15, 0.2) is 164 Å². The van der Waals surface area contributed by atoms with E-state index in [1.165, 1.54) is 6.42 Å². The van der Waals surface area contributed by atoms with Crippen LogP contribution in [-0.2, 0) is 0 Å². The molecular formula is C55H45N17. The van der Waals surface area contributed by atoms with Crippen LogP contribution in [0.2, 0.25) is 0 Å². The van der Waals surface area contributed by atoms with Crippen molar-refractivity contribution < 1.29 is 0 Å². The van der Waals surface area contributed by atoms with E-state index in [0.29, 0.717) is 35.9 Å². The number of aromatic nitrogens is 14. The number of nitrogens with one attached hydrogen (secondary N) is 5. The second-order valence-electron chi connectivity index (χ2n) is 17.7. The molecule has 1 saturated carbocycles. The number of aromatic amines is 4. The summed E-state index contributed by atoms with van der Waals surface area (Å²) in [4.78, 5) is 47.0. The van der Waals surface area contributed by atoms with Crippen LogP contribution in [0.1, 0.15) is 25.8 Å². The van der Waals surface area contributed by atoms with Crippen LogP contribution in [-0.4, -0.2) is 82.6 Å². The summed E-state index contributed by atoms with van der Waals surface area (Å²) in [5.41, 5.74) is 23.3. The minimum Gasteiger partial charge on any atom is -0.383 e. The molecular weight excluding hydrogens is 899 g/mol. The zero-order valence-corrected chi connectivity index (χ0v) is 39.1. The highest BCUT2D eigenvalue weighted by atomic mass is 15.1. The van der Waals surface area contributed by atoms with E-state index in [2.05, 4.69) is 108 Å². The van der Waals surface area contributed by atoms with Gasteiger partial charge in [0.15, 0.2) is 11.6 Å². The smallest absolute Gasteiger partial charge is 0.159 e. The summed E-state index contributed by atoms with van der Waals surface area (Å²) in [6.07, 6.45) is 22.8. The second-order valence-corrected chi connectivity index (χ2v) is 17.7. The van der Waals surface area contributed by atoms with Crippen LogP contribution < -0.4 is 11.1 Å². The first-order valence-corrected chi connectivity index (χ1v) is 23.5. The Labute approximate surface area is 411 Å². The fourth-order valence-electron chi connectivity index (χ4n) is 9.06. The molecule has 7 N–H and O–H groups in total. The van der Waals surface area contributed by atoms with Crippen molar-refractivity contribution in [3.8, 4) is 67.5 Å². The third kappa shape index (κ3) is 8.33. The predicted octanol–water partition coefficient (Wildman–Crippen LogP) is 10.6. The van der Waals surface area contributed by atoms with E-state index in [-0.39, 0.29) is 0 Å². The molecule has 2 unspecified atom stereocenters. The number of hydrogen-bond donors (Lipinski definition) is 6. The maximum atomic E-state index is 6.09. The van der Waals surface area contributed by atoms with E-state index in [1.54, 1.807) is 43.4 Å². The quantitative estimate of drug-likeness (QED) is 0.0524. The van der Waals surface area contributed by atoms with Crippen LogP contribution in [0.3, 0.4) is 0 Å². The number of nitrogens with zero attached hydrogens (tertiary/aromatic N) is 11. The number of pyridine rings is 6. The molecule has 12 aromatic rings. The molecule has 2 aromatic carbocycles. The lowest BCUT2D eigenvalue weighted by Crippen LogP contribution is -2.14. The van der Waals surface area contributed by atoms with Crippen molar-refractivity contribution in [2.24, 2.45) is 22.6 Å². The van der Waals surface area contributed by atoms with Gasteiger partial charge in [0.25, 0.3) is 0 Å². The molecule has 13 rings (SSSR count). The maximum Gasteiger partial charge on any atom is 0.159 e. The average Bonchev–Trinajstić information content (AvgIpc) is 3.90. The molecule has 17 heteroatoms. The standard InChI is InChI=1S/C29H24N8.C26H21N9/c1-16-8-22(16)17(2)33-21-9-20(12-31-13-21)18-5-6-25-23(10-18)28(37-36-25)29-34-26-15-32-14-24(27(26)35-29)19-4-3-7-30-11-19;1-2-31-25(27)18-8-17(11-29-12-18)15-5-6-21-19(9-15)24(35-34-21)26-32-22-14-30-13-20(23(22)33-26)16-4-3-7-28-10-16/h3-7,9-16,22,33H,2,8H2,1H3,(H,34,35)(H,36,37);3-14H,2H2,1H3,(H2,27,31)(H,32,33)(H,34,35). The zero-order chi connectivity index (χ0) is 48.7. The Hall–Kier alpha value is -9.77. The van der Waals surface area contributed by atoms with E-state index >= 15 is 0 Å². The van der Waals surface area contributed by atoms with Gasteiger partial charge in [-0.25, -0.2) is 9.97 Å². The predicted molar refractivity (Wildman–Crippen MR) is 282 cm³/mol. The first kappa shape index (κ1) is 43.5. The Morgan fingerprint density at radius 2 is 1.14 bits per heavy atom. The van der Waals surface area contributed by atoms with Gasteiger partial charge in [-0.15, -0.1) is 0 Å². The largest absolute Gasteiger partial charge is 0.383 e. The lowest BCUT2D eigenvalue weighted by atomic mass is 10.0. The van der Waals surface area contributed by atoms with Crippen molar-refractivity contribution >= 4 is 55.4 Å². The lowest BCUT2D eigenvalue weighted by Gasteiger charge is -2.10. The van der Waals surface area contributed by atoms with Crippen molar-refractivity contribution in [3.63, 3.8) is 0 Å². The molecule has 10 heterocycles. The van der Waals surface area contributed by atoms with E-state index in [4.69, 9.17) is 15.7 Å². The number of rotatable bonds is 11. The fourth-order valence-corrected chi connectivity index (χ4v) is 9.06. The number of fused-ring (bicyclic) bond motifs is 4. The highest BCUT2D eigenvalue weighted by molar-refractivity contribution is 6.01. The molecule has 0 bridgehead atoms. The number of benzene rings is 2. The molecule has 10 aromatic heterocycles. The van der Waals surface area contributed by atoms with E-state index in [1.807, 2.05) is 86.4 Å². The Morgan fingerprint density at radius 1 is 0.611 bits per heavy atom. The first-order valence-electron chi connectivity index (χ1n) is 23.5. The minimum absolute atomic E-state index is 0.479. The molecule has 1 fully saturated rings. The number of H-pyrrole nitrogens is 4. The van der Waals surface area contributed by atoms with Crippen molar-refractivity contribution in [1.82, 2.24) is 70.2 Å². The van der Waals surface area contributed by atoms with Gasteiger partial charge in [-0.3, -0.25) is 45.1 Å². The van der Waals surface area contributed by atoms with Crippen LogP contribution in [0.5, 0.6) is 0 Å². The van der Waals surface area contributed by atoms with Crippen LogP contribution in [0.25, 0.3) is 111 Å². The molecule has 2 atom stereocenters. The van der Waals surface area contributed by atoms with Crippen molar-refractivity contribution in [2.45, 2.75) is 20.3 Å². The van der Waals surface area contributed by atoms with Gasteiger partial charge < -0.3 is 21.0 Å². The Kier molecular flexibility index (Phi) is 11.0. The van der Waals surface area contributed by atoms with Gasteiger partial charge in [-0.05, 0) is 78.9 Å². The zero-order valence-electron chi connectivity index (χ0n) is 39.1. The summed E-state index contributed by atoms with van der Waals surface area (Å²) < 4.78 is 0. The molecule has 0 spiro atoms. The molecule has 72 heavy (non-hydrogen) atoms. The highest BCUT2D eigenvalue weighted by Crippen LogP contribution is 2.43. The van der Waals surface area contributed by atoms with Gasteiger partial charge in [-0.1, -0.05) is 37.8 Å². The van der Waals surface area contributed by atoms with Gasteiger partial charge in [-0.2, -0.15) is 10.2 Å². The van der Waals surface area contributed by atoms with Gasteiger partial charge in [0, 0.05) is 124 Å². The molecule has 0 aliphatic heterocycles. The van der Waals surface area contributed by atoms with Gasteiger partial charge >= 0.3 is 0 Å². The van der Waals surface area contributed by atoms with Gasteiger partial charge in [0.2, 0.25) is 0 Å². The summed E-state index contributed by atoms with van der Waals surface area (Å²) >= 11 is 0. The average molecular weight is 944 g/mol. The molecule has 0 saturated heterocycles. The molecule has 17 nitrogen and oxygen atoms in total. The third-order valence-electron chi connectivity index (χ3n) is 12.9. The Bertz CT molecular complexity index is 4000. The summed E-state index contributed by atoms with van der Waals surface area (Å²) in [5, 5.41) is 20.8. The van der Waals surface area contributed by atoms with Crippen molar-refractivity contribution in [2.75, 3.05) is 11.9 Å². The summed E-state index contributed by atoms with van der Waals surface area (Å²) in [7, 11) is 0. The topological polar surface area (TPSA) is 242 Å². The number of aliphatic imine (C=N–C) groups is 1. The van der Waals surface area contributed by atoms with Crippen molar-refractivity contribution in [1.29, 1.82) is 0 Å². The summed E-state index contributed by atoms with van der Waals surface area (Å²) in [6.45, 7) is 9.04. The van der Waals surface area contributed by atoms with Crippen molar-refractivity contribution in [3.05, 3.63) is 165 Å². The molecule has 0 amide bonds. The minimum atomic E-state index is 0.479. The normalized spacial score (nSPS) is 14.4. The number of hydrogen-bond acceptors (Lipinski definition) is 12. The summed E-state index contributed by atoms with van der Waals surface area (Å²) in [6, 6.07) is 24.3. The first-order chi connectivity index (χ1) is 35.3. The fraction of sp³-hybridized carbons (Fsp3) is 0.109. The number of nitrogens with two attached hydrogens (primary N) is 1. The summed E-state index contributed by atoms with van der Waals surface area (Å²) in [5.74, 6) is 3.07. The Morgan fingerprint density at radius 3 is 1.67 bits per heavy atom. The number of allylic oxidation sites excluding steroid dienone is 1. The molecule has 350 valence electrons. The highest BCUT2D eigenvalue weighted by Gasteiger charge is 2.35. The van der Waals surface area contributed by atoms with Crippen LogP contribution in [0.4, 0.5) is 5.69 Å². The van der Waals surface area contributed by atoms with E-state index < -0.39 is 0 Å². The maximum absolute atomic E-state index is 6.09. The SMILES string of the molecule is C=C(Nc1cncc(-c2ccc3[nH]nc(-c4nc5c(-c6cccnc6)cncc5[nH]4)c3c2)c1)C1CC1C.CCN=C(N)c1cncc(-c2ccc3[nH]nc(-c4nc5c(-c6cccnc6)cncc5[nH]4)c3c2)c1. The van der Waals surface area contributed by atoms with E-state index in [0.717, 1.165) is 117 Å². The van der Waals surface area contributed by atoms with E-state index in [9.17, 15) is 0 Å². The van der Waals surface area contributed by atoms with Crippen LogP contribution >= 0.6 is 0 Å². The molecule has 1 aliphatic rings. The van der Waals surface area contributed by atoms with Crippen LogP contribution in [0, 0.1) is 11.8 Å². The second kappa shape index (κ2) is 18.3. The van der Waals surface area contributed by atoms with Gasteiger partial charge in [0.05, 0.1) is 46.3 Å². The number of anilines is 1.